The highest BCUT2D eigenvalue weighted by atomic mass is 19.1. The highest BCUT2D eigenvalue weighted by Gasteiger charge is 2.21. The fourth-order valence-corrected chi connectivity index (χ4v) is 3.45. The van der Waals surface area contributed by atoms with Crippen LogP contribution in [-0.2, 0) is 18.3 Å². The fourth-order valence-electron chi connectivity index (χ4n) is 3.45. The number of nitrogens with zero attached hydrogens (tertiary/aromatic N) is 2. The maximum Gasteiger partial charge on any atom is 0.225 e. The molecule has 1 N–H and O–H groups in total. The number of hydrogen-bond acceptors (Lipinski definition) is 2. The molecule has 0 spiro atoms. The number of imidazole rings is 1. The number of amides is 1. The van der Waals surface area contributed by atoms with Gasteiger partial charge in [0.2, 0.25) is 5.91 Å². The summed E-state index contributed by atoms with van der Waals surface area (Å²) in [7, 11) is 1.87. The third-order valence-corrected chi connectivity index (χ3v) is 5.05. The van der Waals surface area contributed by atoms with E-state index < -0.39 is 6.04 Å². The van der Waals surface area contributed by atoms with Crippen molar-refractivity contribution in [3.63, 3.8) is 0 Å². The van der Waals surface area contributed by atoms with E-state index in [9.17, 15) is 9.18 Å². The van der Waals surface area contributed by atoms with Crippen LogP contribution in [0.2, 0.25) is 0 Å². The van der Waals surface area contributed by atoms with Gasteiger partial charge in [0.05, 0.1) is 6.42 Å². The summed E-state index contributed by atoms with van der Waals surface area (Å²) in [5.74, 6) is 0.247. The Bertz CT molecular complexity index is 1120. The molecule has 0 aliphatic heterocycles. The van der Waals surface area contributed by atoms with E-state index in [1.807, 2.05) is 60.3 Å². The lowest BCUT2D eigenvalue weighted by Gasteiger charge is -2.19. The summed E-state index contributed by atoms with van der Waals surface area (Å²) in [4.78, 5) is 17.2. The third kappa shape index (κ3) is 4.46. The minimum absolute atomic E-state index is 0.125. The van der Waals surface area contributed by atoms with Crippen molar-refractivity contribution in [2.75, 3.05) is 0 Å². The van der Waals surface area contributed by atoms with Gasteiger partial charge in [-0.3, -0.25) is 4.79 Å². The van der Waals surface area contributed by atoms with Crippen molar-refractivity contribution in [3.8, 4) is 11.1 Å². The van der Waals surface area contributed by atoms with Crippen molar-refractivity contribution < 1.29 is 9.18 Å². The van der Waals surface area contributed by atoms with Crippen LogP contribution in [0.1, 0.15) is 23.0 Å². The number of rotatable bonds is 6. The van der Waals surface area contributed by atoms with Crippen LogP contribution < -0.4 is 5.32 Å². The lowest BCUT2D eigenvalue weighted by molar-refractivity contribution is -0.121. The van der Waals surface area contributed by atoms with E-state index in [0.29, 0.717) is 5.82 Å². The Balaban J connectivity index is 1.50. The predicted octanol–water partition coefficient (Wildman–Crippen LogP) is 4.67. The molecule has 0 saturated carbocycles. The zero-order valence-corrected chi connectivity index (χ0v) is 16.6. The average molecular weight is 399 g/mol. The molecule has 1 amide bonds. The lowest BCUT2D eigenvalue weighted by Crippen LogP contribution is -2.32. The Kier molecular flexibility index (Phi) is 5.70. The van der Waals surface area contributed by atoms with E-state index in [-0.39, 0.29) is 18.1 Å². The van der Waals surface area contributed by atoms with Crippen molar-refractivity contribution in [1.29, 1.82) is 0 Å². The number of hydrogen-bond donors (Lipinski definition) is 1. The molecule has 0 saturated heterocycles. The van der Waals surface area contributed by atoms with Gasteiger partial charge in [-0.25, -0.2) is 9.37 Å². The molecule has 4 rings (SSSR count). The normalized spacial score (nSPS) is 11.8. The van der Waals surface area contributed by atoms with E-state index in [1.54, 1.807) is 18.3 Å². The Morgan fingerprint density at radius 3 is 2.27 bits per heavy atom. The van der Waals surface area contributed by atoms with Crippen molar-refractivity contribution in [2.45, 2.75) is 12.5 Å². The quantitative estimate of drug-likeness (QED) is 0.512. The van der Waals surface area contributed by atoms with Gasteiger partial charge in [0.1, 0.15) is 17.7 Å². The van der Waals surface area contributed by atoms with Crippen molar-refractivity contribution >= 4 is 5.91 Å². The molecule has 1 heterocycles. The number of carbonyl (C=O) groups excluding carboxylic acids is 1. The molecule has 30 heavy (non-hydrogen) atoms. The van der Waals surface area contributed by atoms with Crippen molar-refractivity contribution in [1.82, 2.24) is 14.9 Å². The van der Waals surface area contributed by atoms with Gasteiger partial charge in [-0.1, -0.05) is 66.7 Å². The molecule has 4 aromatic rings. The number of aromatic nitrogens is 2. The van der Waals surface area contributed by atoms with E-state index >= 15 is 0 Å². The summed E-state index contributed by atoms with van der Waals surface area (Å²) >= 11 is 0. The molecule has 1 atom stereocenters. The van der Waals surface area contributed by atoms with Crippen LogP contribution in [0.25, 0.3) is 11.1 Å². The van der Waals surface area contributed by atoms with Crippen LogP contribution in [0, 0.1) is 5.82 Å². The maximum atomic E-state index is 13.4. The fraction of sp³-hybridized carbons (Fsp3) is 0.120. The molecular weight excluding hydrogens is 377 g/mol. The molecule has 0 radical (unpaired) electrons. The molecule has 0 fully saturated rings. The van der Waals surface area contributed by atoms with Crippen LogP contribution >= 0.6 is 0 Å². The summed E-state index contributed by atoms with van der Waals surface area (Å²) < 4.78 is 15.2. The van der Waals surface area contributed by atoms with Gasteiger partial charge in [0, 0.05) is 19.4 Å². The van der Waals surface area contributed by atoms with Crippen molar-refractivity contribution in [2.24, 2.45) is 7.05 Å². The summed E-state index contributed by atoms with van der Waals surface area (Å²) in [6.07, 6.45) is 3.75. The highest BCUT2D eigenvalue weighted by Crippen LogP contribution is 2.22. The lowest BCUT2D eigenvalue weighted by atomic mass is 10.0. The molecule has 0 aliphatic carbocycles. The number of nitrogens with one attached hydrogen (secondary N) is 1. The summed E-state index contributed by atoms with van der Waals surface area (Å²) in [5.41, 5.74) is 3.94. The molecule has 3 aromatic carbocycles. The largest absolute Gasteiger partial charge is 0.342 e. The smallest absolute Gasteiger partial charge is 0.225 e. The molecule has 0 aliphatic rings. The second kappa shape index (κ2) is 8.74. The van der Waals surface area contributed by atoms with Gasteiger partial charge in [-0.05, 0) is 34.4 Å². The first kappa shape index (κ1) is 19.6. The maximum absolute atomic E-state index is 13.4. The minimum Gasteiger partial charge on any atom is -0.342 e. The Morgan fingerprint density at radius 1 is 0.967 bits per heavy atom. The van der Waals surface area contributed by atoms with Crippen LogP contribution in [-0.4, -0.2) is 15.5 Å². The molecule has 150 valence electrons. The first-order chi connectivity index (χ1) is 14.6. The van der Waals surface area contributed by atoms with E-state index in [0.717, 1.165) is 22.3 Å². The molecule has 1 aromatic heterocycles. The average Bonchev–Trinajstić information content (AvgIpc) is 3.19. The van der Waals surface area contributed by atoms with Crippen LogP contribution in [0.3, 0.4) is 0 Å². The molecule has 1 unspecified atom stereocenters. The van der Waals surface area contributed by atoms with Gasteiger partial charge < -0.3 is 9.88 Å². The number of halogens is 1. The van der Waals surface area contributed by atoms with E-state index in [1.165, 1.54) is 12.1 Å². The van der Waals surface area contributed by atoms with Gasteiger partial charge in [0.25, 0.3) is 0 Å². The van der Waals surface area contributed by atoms with Crippen molar-refractivity contribution in [3.05, 3.63) is 114 Å². The standard InChI is InChI=1S/C25H22FN3O/c1-29-16-15-27-25(29)24(21-11-13-22(26)14-12-21)28-23(30)17-18-7-9-20(10-8-18)19-5-3-2-4-6-19/h2-16,24H,17H2,1H3,(H,28,30). The Labute approximate surface area is 175 Å². The first-order valence-corrected chi connectivity index (χ1v) is 9.76. The SMILES string of the molecule is Cn1ccnc1C(NC(=O)Cc1ccc(-c2ccccc2)cc1)c1ccc(F)cc1. The summed E-state index contributed by atoms with van der Waals surface area (Å²) in [5, 5.41) is 3.05. The minimum atomic E-state index is -0.457. The molecule has 0 bridgehead atoms. The number of carbonyl (C=O) groups is 1. The second-order valence-electron chi connectivity index (χ2n) is 7.19. The summed E-state index contributed by atoms with van der Waals surface area (Å²) in [6.45, 7) is 0. The predicted molar refractivity (Wildman–Crippen MR) is 115 cm³/mol. The van der Waals surface area contributed by atoms with Crippen LogP contribution in [0.15, 0.2) is 91.3 Å². The topological polar surface area (TPSA) is 46.9 Å². The van der Waals surface area contributed by atoms with Crippen LogP contribution in [0.5, 0.6) is 0 Å². The zero-order chi connectivity index (χ0) is 20.9. The third-order valence-electron chi connectivity index (χ3n) is 5.05. The molecular formula is C25H22FN3O. The van der Waals surface area contributed by atoms with Gasteiger partial charge in [-0.2, -0.15) is 0 Å². The Morgan fingerprint density at radius 2 is 1.63 bits per heavy atom. The highest BCUT2D eigenvalue weighted by molar-refractivity contribution is 5.79. The van der Waals surface area contributed by atoms with Gasteiger partial charge in [0.15, 0.2) is 0 Å². The Hall–Kier alpha value is -3.73. The molecule has 5 heteroatoms. The van der Waals surface area contributed by atoms with Gasteiger partial charge >= 0.3 is 0 Å². The monoisotopic (exact) mass is 399 g/mol. The second-order valence-corrected chi connectivity index (χ2v) is 7.19. The van der Waals surface area contributed by atoms with E-state index in [4.69, 9.17) is 0 Å². The van der Waals surface area contributed by atoms with Crippen LogP contribution in [0.4, 0.5) is 4.39 Å². The van der Waals surface area contributed by atoms with E-state index in [2.05, 4.69) is 22.4 Å². The molecule has 4 nitrogen and oxygen atoms in total. The number of benzene rings is 3. The first-order valence-electron chi connectivity index (χ1n) is 9.76. The summed E-state index contributed by atoms with van der Waals surface area (Å²) in [6, 6.07) is 23.8. The zero-order valence-electron chi connectivity index (χ0n) is 16.6. The van der Waals surface area contributed by atoms with Gasteiger partial charge in [-0.15, -0.1) is 0 Å². The number of aryl methyl sites for hydroxylation is 1.